The predicted octanol–water partition coefficient (Wildman–Crippen LogP) is -0.306. The molecule has 9 nitrogen and oxygen atoms in total. The fourth-order valence-corrected chi connectivity index (χ4v) is 2.29. The van der Waals surface area contributed by atoms with Crippen LogP contribution in [0.25, 0.3) is 5.95 Å². The summed E-state index contributed by atoms with van der Waals surface area (Å²) in [5.41, 5.74) is 2.45. The van der Waals surface area contributed by atoms with Crippen LogP contribution in [0.5, 0.6) is 0 Å². The SMILES string of the molecule is NNc1nc(N(CCO)C2CCC2)nc(-n2cccn2)n1. The van der Waals surface area contributed by atoms with E-state index in [-0.39, 0.29) is 12.6 Å². The van der Waals surface area contributed by atoms with Gasteiger partial charge < -0.3 is 10.0 Å². The summed E-state index contributed by atoms with van der Waals surface area (Å²) >= 11 is 0. The number of hydrogen-bond acceptors (Lipinski definition) is 8. The molecule has 21 heavy (non-hydrogen) atoms. The maximum absolute atomic E-state index is 9.28. The number of nitrogens with two attached hydrogens (primary N) is 1. The number of nitrogens with zero attached hydrogens (tertiary/aromatic N) is 6. The van der Waals surface area contributed by atoms with Gasteiger partial charge in [-0.05, 0) is 25.3 Å². The number of aliphatic hydroxyl groups is 1. The number of hydrogen-bond donors (Lipinski definition) is 3. The minimum absolute atomic E-state index is 0.0463. The molecule has 0 saturated heterocycles. The molecule has 112 valence electrons. The quantitative estimate of drug-likeness (QED) is 0.490. The normalized spacial score (nSPS) is 14.8. The van der Waals surface area contributed by atoms with Crippen molar-refractivity contribution in [3.63, 3.8) is 0 Å². The summed E-state index contributed by atoms with van der Waals surface area (Å²) in [6, 6.07) is 2.15. The van der Waals surface area contributed by atoms with Crippen LogP contribution >= 0.6 is 0 Å². The zero-order valence-corrected chi connectivity index (χ0v) is 11.6. The Morgan fingerprint density at radius 2 is 2.24 bits per heavy atom. The van der Waals surface area contributed by atoms with Crippen LogP contribution in [-0.2, 0) is 0 Å². The average Bonchev–Trinajstić information content (AvgIpc) is 2.98. The number of hydrazine groups is 1. The maximum Gasteiger partial charge on any atom is 0.257 e. The highest BCUT2D eigenvalue weighted by atomic mass is 16.3. The lowest BCUT2D eigenvalue weighted by Gasteiger charge is -2.37. The third-order valence-electron chi connectivity index (χ3n) is 3.56. The highest BCUT2D eigenvalue weighted by Crippen LogP contribution is 2.27. The van der Waals surface area contributed by atoms with E-state index in [1.807, 2.05) is 4.90 Å². The monoisotopic (exact) mass is 290 g/mol. The summed E-state index contributed by atoms with van der Waals surface area (Å²) < 4.78 is 1.55. The van der Waals surface area contributed by atoms with Gasteiger partial charge in [-0.2, -0.15) is 20.1 Å². The van der Waals surface area contributed by atoms with Gasteiger partial charge in [-0.3, -0.25) is 5.43 Å². The highest BCUT2D eigenvalue weighted by Gasteiger charge is 2.27. The molecule has 0 atom stereocenters. The molecule has 0 spiro atoms. The lowest BCUT2D eigenvalue weighted by atomic mass is 9.92. The summed E-state index contributed by atoms with van der Waals surface area (Å²) in [6.45, 7) is 0.530. The van der Waals surface area contributed by atoms with Gasteiger partial charge in [-0.1, -0.05) is 0 Å². The molecule has 1 fully saturated rings. The van der Waals surface area contributed by atoms with Crippen molar-refractivity contribution in [2.45, 2.75) is 25.3 Å². The largest absolute Gasteiger partial charge is 0.395 e. The first-order valence-electron chi connectivity index (χ1n) is 6.92. The molecular formula is C12H18N8O. The molecular weight excluding hydrogens is 272 g/mol. The minimum atomic E-state index is 0.0463. The second kappa shape index (κ2) is 6.02. The van der Waals surface area contributed by atoms with Crippen molar-refractivity contribution in [1.82, 2.24) is 24.7 Å². The smallest absolute Gasteiger partial charge is 0.257 e. The summed E-state index contributed by atoms with van der Waals surface area (Å²) in [6.07, 6.45) is 6.74. The van der Waals surface area contributed by atoms with Crippen LogP contribution in [0.1, 0.15) is 19.3 Å². The van der Waals surface area contributed by atoms with E-state index in [1.165, 1.54) is 6.42 Å². The van der Waals surface area contributed by atoms with Crippen molar-refractivity contribution in [3.05, 3.63) is 18.5 Å². The van der Waals surface area contributed by atoms with Crippen LogP contribution in [0, 0.1) is 0 Å². The van der Waals surface area contributed by atoms with Gasteiger partial charge in [0.1, 0.15) is 0 Å². The van der Waals surface area contributed by atoms with Gasteiger partial charge in [0, 0.05) is 25.0 Å². The zero-order chi connectivity index (χ0) is 14.7. The van der Waals surface area contributed by atoms with Gasteiger partial charge in [0.25, 0.3) is 5.95 Å². The number of nitrogens with one attached hydrogen (secondary N) is 1. The molecule has 1 aliphatic rings. The Labute approximate surface area is 121 Å². The van der Waals surface area contributed by atoms with E-state index < -0.39 is 0 Å². The third kappa shape index (κ3) is 2.78. The molecule has 4 N–H and O–H groups in total. The van der Waals surface area contributed by atoms with Gasteiger partial charge in [0.15, 0.2) is 0 Å². The van der Waals surface area contributed by atoms with Gasteiger partial charge in [0.05, 0.1) is 6.61 Å². The first-order chi connectivity index (χ1) is 10.3. The van der Waals surface area contributed by atoms with Gasteiger partial charge in [-0.25, -0.2) is 10.5 Å². The van der Waals surface area contributed by atoms with E-state index in [4.69, 9.17) is 5.84 Å². The van der Waals surface area contributed by atoms with Gasteiger partial charge in [-0.15, -0.1) is 0 Å². The number of aromatic nitrogens is 5. The second-order valence-electron chi connectivity index (χ2n) is 4.86. The Morgan fingerprint density at radius 3 is 2.81 bits per heavy atom. The Hall–Kier alpha value is -2.26. The van der Waals surface area contributed by atoms with Crippen LogP contribution in [0.2, 0.25) is 0 Å². The molecule has 2 aromatic rings. The fraction of sp³-hybridized carbons (Fsp3) is 0.500. The van der Waals surface area contributed by atoms with Crippen molar-refractivity contribution >= 4 is 11.9 Å². The van der Waals surface area contributed by atoms with Gasteiger partial charge in [0.2, 0.25) is 11.9 Å². The van der Waals surface area contributed by atoms with E-state index in [9.17, 15) is 5.11 Å². The maximum atomic E-state index is 9.28. The van der Waals surface area contributed by atoms with Crippen LogP contribution < -0.4 is 16.2 Å². The van der Waals surface area contributed by atoms with E-state index in [0.717, 1.165) is 12.8 Å². The van der Waals surface area contributed by atoms with Crippen molar-refractivity contribution in [3.8, 4) is 5.95 Å². The lowest BCUT2D eigenvalue weighted by molar-refractivity contribution is 0.282. The Balaban J connectivity index is 1.97. The standard InChI is InChI=1S/C12H18N8O/c13-18-10-15-11(19(7-8-21)9-3-1-4-9)17-12(16-10)20-6-2-5-14-20/h2,5-6,9,21H,1,3-4,7-8,13H2,(H,15,16,17,18). The molecule has 2 heterocycles. The average molecular weight is 290 g/mol. The summed E-state index contributed by atoms with van der Waals surface area (Å²) in [5.74, 6) is 6.60. The van der Waals surface area contributed by atoms with Crippen molar-refractivity contribution < 1.29 is 5.11 Å². The van der Waals surface area contributed by atoms with E-state index >= 15 is 0 Å². The topological polar surface area (TPSA) is 118 Å². The van der Waals surface area contributed by atoms with Crippen LogP contribution in [-0.4, -0.2) is 49.0 Å². The first-order valence-corrected chi connectivity index (χ1v) is 6.92. The molecule has 0 unspecified atom stereocenters. The fourth-order valence-electron chi connectivity index (χ4n) is 2.29. The van der Waals surface area contributed by atoms with Crippen molar-refractivity contribution in [2.75, 3.05) is 23.5 Å². The van der Waals surface area contributed by atoms with E-state index in [2.05, 4.69) is 25.5 Å². The summed E-state index contributed by atoms with van der Waals surface area (Å²) in [4.78, 5) is 14.9. The molecule has 1 aliphatic carbocycles. The molecule has 2 aromatic heterocycles. The highest BCUT2D eigenvalue weighted by molar-refractivity contribution is 5.40. The molecule has 9 heteroatoms. The second-order valence-corrected chi connectivity index (χ2v) is 4.86. The van der Waals surface area contributed by atoms with Crippen LogP contribution in [0.4, 0.5) is 11.9 Å². The number of nitrogen functional groups attached to an aromatic ring is 1. The van der Waals surface area contributed by atoms with Gasteiger partial charge >= 0.3 is 0 Å². The third-order valence-corrected chi connectivity index (χ3v) is 3.56. The number of aliphatic hydroxyl groups excluding tert-OH is 1. The van der Waals surface area contributed by atoms with E-state index in [1.54, 1.807) is 23.1 Å². The molecule has 0 bridgehead atoms. The zero-order valence-electron chi connectivity index (χ0n) is 11.6. The summed E-state index contributed by atoms with van der Waals surface area (Å²) in [5, 5.41) is 13.4. The Morgan fingerprint density at radius 1 is 1.38 bits per heavy atom. The number of rotatable bonds is 6. The Kier molecular flexibility index (Phi) is 3.93. The van der Waals surface area contributed by atoms with Crippen molar-refractivity contribution in [2.24, 2.45) is 5.84 Å². The predicted molar refractivity (Wildman–Crippen MR) is 76.8 cm³/mol. The summed E-state index contributed by atoms with van der Waals surface area (Å²) in [7, 11) is 0. The number of anilines is 2. The van der Waals surface area contributed by atoms with E-state index in [0.29, 0.717) is 24.5 Å². The van der Waals surface area contributed by atoms with Crippen LogP contribution in [0.3, 0.4) is 0 Å². The van der Waals surface area contributed by atoms with Crippen molar-refractivity contribution in [1.29, 1.82) is 0 Å². The molecule has 0 amide bonds. The Bertz CT molecular complexity index is 583. The minimum Gasteiger partial charge on any atom is -0.395 e. The van der Waals surface area contributed by atoms with Crippen LogP contribution in [0.15, 0.2) is 18.5 Å². The first kappa shape index (κ1) is 13.7. The molecule has 3 rings (SSSR count). The molecule has 0 aromatic carbocycles. The lowest BCUT2D eigenvalue weighted by Crippen LogP contribution is -2.43. The molecule has 0 aliphatic heterocycles. The molecule has 1 saturated carbocycles. The molecule has 0 radical (unpaired) electrons.